The molecule has 1 aliphatic rings. The molecule has 1 saturated carbocycles. The molecule has 0 saturated heterocycles. The average Bonchev–Trinajstić information content (AvgIpc) is 2.45. The van der Waals surface area contributed by atoms with E-state index >= 15 is 0 Å². The minimum atomic E-state index is -3.46. The molecule has 0 heterocycles. The van der Waals surface area contributed by atoms with Crippen molar-refractivity contribution in [3.05, 3.63) is 0 Å². The van der Waals surface area contributed by atoms with E-state index in [1.165, 1.54) is 7.11 Å². The van der Waals surface area contributed by atoms with E-state index in [0.717, 1.165) is 32.1 Å². The van der Waals surface area contributed by atoms with E-state index in [2.05, 4.69) is 9.88 Å². The molecule has 1 rings (SSSR count). The lowest BCUT2D eigenvalue weighted by Gasteiger charge is -2.29. The molecule has 0 amide bonds. The average molecular weight is 307 g/mol. The van der Waals surface area contributed by atoms with Crippen LogP contribution < -0.4 is 10.5 Å². The molecule has 20 heavy (non-hydrogen) atoms. The second-order valence-electron chi connectivity index (χ2n) is 5.18. The standard InChI is InChI=1S/C12H25N3O4S/c1-19-8-5-9-20(17,18)15-11(12(13)14-16)10-6-3-2-4-7-10/h10-11,15-16H,2-9H2,1H3,(H2,13,14). The van der Waals surface area contributed by atoms with Gasteiger partial charge in [-0.2, -0.15) is 0 Å². The lowest BCUT2D eigenvalue weighted by atomic mass is 9.84. The van der Waals surface area contributed by atoms with E-state index in [0.29, 0.717) is 13.0 Å². The Morgan fingerprint density at radius 1 is 1.45 bits per heavy atom. The number of hydrogen-bond acceptors (Lipinski definition) is 5. The Hall–Kier alpha value is -0.860. The molecule has 0 bridgehead atoms. The highest BCUT2D eigenvalue weighted by Gasteiger charge is 2.30. The fourth-order valence-electron chi connectivity index (χ4n) is 2.57. The molecule has 0 spiro atoms. The fraction of sp³-hybridized carbons (Fsp3) is 0.917. The largest absolute Gasteiger partial charge is 0.409 e. The van der Waals surface area contributed by atoms with Crippen LogP contribution in [0.4, 0.5) is 0 Å². The first-order valence-electron chi connectivity index (χ1n) is 6.96. The normalized spacial score (nSPS) is 19.9. The number of oxime groups is 1. The molecule has 0 aromatic rings. The second kappa shape index (κ2) is 8.43. The third-order valence-electron chi connectivity index (χ3n) is 3.62. The van der Waals surface area contributed by atoms with Crippen molar-refractivity contribution in [3.8, 4) is 0 Å². The molecule has 0 aromatic heterocycles. The number of methoxy groups -OCH3 is 1. The summed E-state index contributed by atoms with van der Waals surface area (Å²) in [6.07, 6.45) is 5.44. The number of ether oxygens (including phenoxy) is 1. The van der Waals surface area contributed by atoms with Crippen molar-refractivity contribution in [1.29, 1.82) is 0 Å². The van der Waals surface area contributed by atoms with Crippen molar-refractivity contribution >= 4 is 15.9 Å². The summed E-state index contributed by atoms with van der Waals surface area (Å²) >= 11 is 0. The van der Waals surface area contributed by atoms with Gasteiger partial charge in [0, 0.05) is 13.7 Å². The number of amidine groups is 1. The van der Waals surface area contributed by atoms with Crippen LogP contribution in [0, 0.1) is 5.92 Å². The van der Waals surface area contributed by atoms with Crippen LogP contribution in [-0.4, -0.2) is 45.0 Å². The number of sulfonamides is 1. The van der Waals surface area contributed by atoms with E-state index in [1.807, 2.05) is 0 Å². The van der Waals surface area contributed by atoms with Crippen molar-refractivity contribution in [2.24, 2.45) is 16.8 Å². The molecule has 1 fully saturated rings. The first-order chi connectivity index (χ1) is 9.50. The molecule has 0 aliphatic heterocycles. The van der Waals surface area contributed by atoms with Gasteiger partial charge in [0.05, 0.1) is 11.8 Å². The number of hydrogen-bond donors (Lipinski definition) is 3. The van der Waals surface area contributed by atoms with Crippen molar-refractivity contribution < 1.29 is 18.4 Å². The van der Waals surface area contributed by atoms with Crippen LogP contribution >= 0.6 is 0 Å². The van der Waals surface area contributed by atoms with Gasteiger partial charge in [-0.05, 0) is 25.2 Å². The number of nitrogens with one attached hydrogen (secondary N) is 1. The molecular weight excluding hydrogens is 282 g/mol. The zero-order chi connectivity index (χ0) is 15.0. The van der Waals surface area contributed by atoms with Gasteiger partial charge in [0.25, 0.3) is 0 Å². The van der Waals surface area contributed by atoms with E-state index in [9.17, 15) is 8.42 Å². The van der Waals surface area contributed by atoms with Crippen LogP contribution in [0.3, 0.4) is 0 Å². The Morgan fingerprint density at radius 3 is 2.65 bits per heavy atom. The van der Waals surface area contributed by atoms with Crippen LogP contribution in [0.5, 0.6) is 0 Å². The lowest BCUT2D eigenvalue weighted by molar-refractivity contribution is 0.199. The molecule has 1 aliphatic carbocycles. The smallest absolute Gasteiger partial charge is 0.212 e. The molecule has 118 valence electrons. The van der Waals surface area contributed by atoms with E-state index in [4.69, 9.17) is 15.7 Å². The van der Waals surface area contributed by atoms with Gasteiger partial charge in [0.1, 0.15) is 0 Å². The maximum Gasteiger partial charge on any atom is 0.212 e. The molecular formula is C12H25N3O4S. The van der Waals surface area contributed by atoms with Gasteiger partial charge in [0.15, 0.2) is 5.84 Å². The topological polar surface area (TPSA) is 114 Å². The van der Waals surface area contributed by atoms with Gasteiger partial charge >= 0.3 is 0 Å². The Bertz CT molecular complexity index is 405. The van der Waals surface area contributed by atoms with Crippen molar-refractivity contribution in [3.63, 3.8) is 0 Å². The predicted octanol–water partition coefficient (Wildman–Crippen LogP) is 0.638. The number of nitrogens with two attached hydrogens (primary N) is 1. The quantitative estimate of drug-likeness (QED) is 0.200. The molecule has 1 unspecified atom stereocenters. The molecule has 0 radical (unpaired) electrons. The zero-order valence-corrected chi connectivity index (χ0v) is 12.7. The summed E-state index contributed by atoms with van der Waals surface area (Å²) in [7, 11) is -1.93. The summed E-state index contributed by atoms with van der Waals surface area (Å²) < 4.78 is 31.5. The number of nitrogens with zero attached hydrogens (tertiary/aromatic N) is 1. The monoisotopic (exact) mass is 307 g/mol. The molecule has 8 heteroatoms. The van der Waals surface area contributed by atoms with Crippen LogP contribution in [-0.2, 0) is 14.8 Å². The van der Waals surface area contributed by atoms with Crippen molar-refractivity contribution in [1.82, 2.24) is 4.72 Å². The van der Waals surface area contributed by atoms with E-state index < -0.39 is 16.1 Å². The molecule has 0 aromatic carbocycles. The minimum Gasteiger partial charge on any atom is -0.409 e. The van der Waals surface area contributed by atoms with Crippen LogP contribution in [0.2, 0.25) is 0 Å². The Kier molecular flexibility index (Phi) is 7.25. The molecule has 7 nitrogen and oxygen atoms in total. The van der Waals surface area contributed by atoms with Crippen molar-refractivity contribution in [2.75, 3.05) is 19.5 Å². The maximum atomic E-state index is 12.0. The van der Waals surface area contributed by atoms with Crippen molar-refractivity contribution in [2.45, 2.75) is 44.6 Å². The summed E-state index contributed by atoms with van der Waals surface area (Å²) in [6.45, 7) is 0.387. The summed E-state index contributed by atoms with van der Waals surface area (Å²) in [6, 6.07) is -0.618. The fourth-order valence-corrected chi connectivity index (χ4v) is 3.89. The van der Waals surface area contributed by atoms with E-state index in [1.54, 1.807) is 0 Å². The van der Waals surface area contributed by atoms with Gasteiger partial charge in [-0.1, -0.05) is 24.4 Å². The van der Waals surface area contributed by atoms with Crippen LogP contribution in [0.25, 0.3) is 0 Å². The summed E-state index contributed by atoms with van der Waals surface area (Å²) in [5.41, 5.74) is 5.66. The van der Waals surface area contributed by atoms with Crippen LogP contribution in [0.1, 0.15) is 38.5 Å². The zero-order valence-electron chi connectivity index (χ0n) is 11.9. The maximum absolute atomic E-state index is 12.0. The minimum absolute atomic E-state index is 0.0250. The van der Waals surface area contributed by atoms with Gasteiger partial charge in [-0.15, -0.1) is 0 Å². The van der Waals surface area contributed by atoms with E-state index in [-0.39, 0.29) is 17.5 Å². The third kappa shape index (κ3) is 5.64. The van der Waals surface area contributed by atoms with Gasteiger partial charge in [0.2, 0.25) is 10.0 Å². The SMILES string of the molecule is COCCCS(=O)(=O)NC(C(N)=NO)C1CCCCC1. The Morgan fingerprint density at radius 2 is 2.10 bits per heavy atom. The van der Waals surface area contributed by atoms with Crippen LogP contribution in [0.15, 0.2) is 5.16 Å². The first kappa shape index (κ1) is 17.2. The van der Waals surface area contributed by atoms with Gasteiger partial charge in [-0.25, -0.2) is 13.1 Å². The van der Waals surface area contributed by atoms with Gasteiger partial charge in [-0.3, -0.25) is 0 Å². The summed E-state index contributed by atoms with van der Waals surface area (Å²) in [5, 5.41) is 11.8. The Labute approximate surface area is 120 Å². The first-order valence-corrected chi connectivity index (χ1v) is 8.61. The highest BCUT2D eigenvalue weighted by Crippen LogP contribution is 2.27. The Balaban J connectivity index is 2.68. The summed E-state index contributed by atoms with van der Waals surface area (Å²) in [4.78, 5) is 0. The third-order valence-corrected chi connectivity index (χ3v) is 5.06. The molecule has 4 N–H and O–H groups in total. The second-order valence-corrected chi connectivity index (χ2v) is 7.06. The molecule has 1 atom stereocenters. The van der Waals surface area contributed by atoms with Gasteiger partial charge < -0.3 is 15.7 Å². The number of rotatable bonds is 8. The lowest BCUT2D eigenvalue weighted by Crippen LogP contribution is -2.50. The summed E-state index contributed by atoms with van der Waals surface area (Å²) in [5.74, 6) is 0.00651. The highest BCUT2D eigenvalue weighted by molar-refractivity contribution is 7.89. The highest BCUT2D eigenvalue weighted by atomic mass is 32.2. The predicted molar refractivity (Wildman–Crippen MR) is 77.2 cm³/mol.